The molecule has 6 heteroatoms. The van der Waals surface area contributed by atoms with Gasteiger partial charge in [-0.2, -0.15) is 0 Å². The number of hydrogen-bond acceptors (Lipinski definition) is 6. The minimum Gasteiger partial charge on any atom is -0.462 e. The van der Waals surface area contributed by atoms with Crippen LogP contribution in [0.15, 0.2) is 60.0 Å². The highest BCUT2D eigenvalue weighted by Crippen LogP contribution is 2.51. The topological polar surface area (TPSA) is 82.6 Å². The van der Waals surface area contributed by atoms with Crippen molar-refractivity contribution in [2.45, 2.75) is 39.2 Å². The molecule has 4 heterocycles. The first-order valence-electron chi connectivity index (χ1n) is 10.5. The third-order valence-corrected chi connectivity index (χ3v) is 5.87. The van der Waals surface area contributed by atoms with E-state index in [-0.39, 0.29) is 11.4 Å². The lowest BCUT2D eigenvalue weighted by atomic mass is 9.80. The van der Waals surface area contributed by atoms with Crippen molar-refractivity contribution in [3.05, 3.63) is 71.7 Å². The Morgan fingerprint density at radius 3 is 2.65 bits per heavy atom. The Bertz CT molecular complexity index is 1170. The second-order valence-electron chi connectivity index (χ2n) is 9.41. The van der Waals surface area contributed by atoms with Crippen molar-refractivity contribution in [1.82, 2.24) is 9.97 Å². The van der Waals surface area contributed by atoms with E-state index in [9.17, 15) is 0 Å². The van der Waals surface area contributed by atoms with Crippen molar-refractivity contribution in [1.29, 1.82) is 0 Å². The number of hydrogen-bond donors (Lipinski definition) is 1. The molecule has 0 bridgehead atoms. The van der Waals surface area contributed by atoms with Crippen LogP contribution in [-0.2, 0) is 16.7 Å². The summed E-state index contributed by atoms with van der Waals surface area (Å²) in [6.07, 6.45) is 7.51. The number of aromatic nitrogens is 2. The number of ether oxygens (including phenoxy) is 2. The monoisotopic (exact) mass is 414 g/mol. The molecule has 1 spiro atoms. The van der Waals surface area contributed by atoms with Gasteiger partial charge in [-0.3, -0.25) is 4.98 Å². The Hall–Kier alpha value is -3.41. The molecule has 3 aromatic rings. The number of amidine groups is 1. The Morgan fingerprint density at radius 1 is 1.06 bits per heavy atom. The van der Waals surface area contributed by atoms with Gasteiger partial charge in [0.25, 0.3) is 6.02 Å². The van der Waals surface area contributed by atoms with Gasteiger partial charge < -0.3 is 15.2 Å². The van der Waals surface area contributed by atoms with Gasteiger partial charge in [-0.15, -0.1) is 0 Å². The summed E-state index contributed by atoms with van der Waals surface area (Å²) in [5.74, 6) is 1.28. The fourth-order valence-electron chi connectivity index (χ4n) is 4.14. The predicted octanol–water partition coefficient (Wildman–Crippen LogP) is 4.82. The number of aliphatic imine (C=N–C) groups is 1. The number of aryl methyl sites for hydroxylation is 1. The molecule has 2 aromatic heterocycles. The predicted molar refractivity (Wildman–Crippen MR) is 120 cm³/mol. The zero-order chi connectivity index (χ0) is 21.6. The summed E-state index contributed by atoms with van der Waals surface area (Å²) < 4.78 is 11.9. The smallest absolute Gasteiger partial charge is 0.283 e. The third-order valence-electron chi connectivity index (χ3n) is 5.87. The molecule has 0 saturated heterocycles. The first-order chi connectivity index (χ1) is 14.8. The Balaban J connectivity index is 1.63. The lowest BCUT2D eigenvalue weighted by molar-refractivity contribution is 0.262. The molecule has 0 saturated carbocycles. The molecule has 6 nitrogen and oxygen atoms in total. The van der Waals surface area contributed by atoms with Gasteiger partial charge in [0, 0.05) is 29.7 Å². The minimum atomic E-state index is -0.768. The highest BCUT2D eigenvalue weighted by Gasteiger charge is 2.47. The summed E-state index contributed by atoms with van der Waals surface area (Å²) in [5.41, 5.74) is 10.5. The van der Waals surface area contributed by atoms with E-state index in [1.807, 2.05) is 36.7 Å². The zero-order valence-corrected chi connectivity index (χ0v) is 18.1. The average molecular weight is 415 g/mol. The number of rotatable bonds is 3. The molecule has 0 fully saturated rings. The second-order valence-corrected chi connectivity index (χ2v) is 9.41. The summed E-state index contributed by atoms with van der Waals surface area (Å²) in [6.45, 7) is 7.06. The molecule has 0 aliphatic carbocycles. The van der Waals surface area contributed by atoms with Crippen LogP contribution in [-0.4, -0.2) is 22.6 Å². The molecule has 1 atom stereocenters. The maximum Gasteiger partial charge on any atom is 0.283 e. The van der Waals surface area contributed by atoms with E-state index in [0.717, 1.165) is 46.4 Å². The largest absolute Gasteiger partial charge is 0.462 e. The molecule has 0 radical (unpaired) electrons. The normalized spacial score (nSPS) is 19.3. The second kappa shape index (κ2) is 7.08. The van der Waals surface area contributed by atoms with E-state index >= 15 is 0 Å². The first-order valence-corrected chi connectivity index (χ1v) is 10.5. The number of nitrogens with zero attached hydrogens (tertiary/aromatic N) is 3. The Morgan fingerprint density at radius 2 is 1.94 bits per heavy atom. The standard InChI is InChI=1S/C25H26N4O2/c1-24(2,3)9-8-16-11-20-22(28-13-16)31-21-7-6-17(18-5-4-10-27-14-18)12-19(21)25(20)15-30-23(26)29-25/h4-7,10-14H,8-9,15H2,1-3H3,(H2,26,29). The first kappa shape index (κ1) is 19.5. The maximum absolute atomic E-state index is 6.20. The van der Waals surface area contributed by atoms with Crippen molar-refractivity contribution in [3.63, 3.8) is 0 Å². The molecular formula is C25H26N4O2. The van der Waals surface area contributed by atoms with Crippen LogP contribution < -0.4 is 10.5 Å². The Labute approximate surface area is 182 Å². The molecule has 31 heavy (non-hydrogen) atoms. The van der Waals surface area contributed by atoms with E-state index in [1.54, 1.807) is 6.20 Å². The highest BCUT2D eigenvalue weighted by molar-refractivity contribution is 5.77. The van der Waals surface area contributed by atoms with Crippen LogP contribution in [0.3, 0.4) is 0 Å². The molecule has 2 N–H and O–H groups in total. The van der Waals surface area contributed by atoms with Gasteiger partial charge in [0.2, 0.25) is 5.88 Å². The summed E-state index contributed by atoms with van der Waals surface area (Å²) in [7, 11) is 0. The van der Waals surface area contributed by atoms with Crippen LogP contribution in [0, 0.1) is 5.41 Å². The van der Waals surface area contributed by atoms with Crippen LogP contribution in [0.2, 0.25) is 0 Å². The Kier molecular flexibility index (Phi) is 4.46. The minimum absolute atomic E-state index is 0.186. The van der Waals surface area contributed by atoms with Gasteiger partial charge in [-0.05, 0) is 53.6 Å². The third kappa shape index (κ3) is 3.52. The fourth-order valence-corrected chi connectivity index (χ4v) is 4.14. The summed E-state index contributed by atoms with van der Waals surface area (Å²) in [6, 6.07) is 12.4. The summed E-state index contributed by atoms with van der Waals surface area (Å²) in [4.78, 5) is 13.7. The van der Waals surface area contributed by atoms with Gasteiger partial charge >= 0.3 is 0 Å². The van der Waals surface area contributed by atoms with Gasteiger partial charge in [0.1, 0.15) is 12.4 Å². The van der Waals surface area contributed by atoms with E-state index in [0.29, 0.717) is 12.5 Å². The van der Waals surface area contributed by atoms with Gasteiger partial charge in [0.15, 0.2) is 5.54 Å². The van der Waals surface area contributed by atoms with E-state index in [4.69, 9.17) is 20.2 Å². The fraction of sp³-hybridized carbons (Fsp3) is 0.320. The van der Waals surface area contributed by atoms with E-state index in [2.05, 4.69) is 42.9 Å². The maximum atomic E-state index is 6.20. The SMILES string of the molecule is CC(C)(C)CCc1cnc2c(c1)C1(COC(N)=N1)c1cc(-c3cccnc3)ccc1O2. The molecule has 0 amide bonds. The van der Waals surface area contributed by atoms with Gasteiger partial charge in [0.05, 0.1) is 5.56 Å². The van der Waals surface area contributed by atoms with Crippen LogP contribution in [0.5, 0.6) is 11.6 Å². The molecule has 158 valence electrons. The van der Waals surface area contributed by atoms with Crippen molar-refractivity contribution in [3.8, 4) is 22.8 Å². The zero-order valence-electron chi connectivity index (χ0n) is 18.1. The van der Waals surface area contributed by atoms with E-state index in [1.165, 1.54) is 0 Å². The number of fused-ring (bicyclic) bond motifs is 4. The highest BCUT2D eigenvalue weighted by atomic mass is 16.5. The van der Waals surface area contributed by atoms with Crippen LogP contribution in [0.4, 0.5) is 0 Å². The van der Waals surface area contributed by atoms with Gasteiger partial charge in [-0.25, -0.2) is 9.98 Å². The molecule has 1 aromatic carbocycles. The van der Waals surface area contributed by atoms with E-state index < -0.39 is 5.54 Å². The molecule has 2 aliphatic rings. The lowest BCUT2D eigenvalue weighted by Crippen LogP contribution is -2.31. The van der Waals surface area contributed by atoms with Crippen molar-refractivity contribution < 1.29 is 9.47 Å². The quantitative estimate of drug-likeness (QED) is 0.665. The van der Waals surface area contributed by atoms with Crippen molar-refractivity contribution in [2.24, 2.45) is 16.1 Å². The molecular weight excluding hydrogens is 388 g/mol. The number of nitrogens with two attached hydrogens (primary N) is 1. The van der Waals surface area contributed by atoms with Crippen LogP contribution >= 0.6 is 0 Å². The number of benzene rings is 1. The van der Waals surface area contributed by atoms with Crippen LogP contribution in [0.25, 0.3) is 11.1 Å². The molecule has 2 aliphatic heterocycles. The van der Waals surface area contributed by atoms with Crippen molar-refractivity contribution in [2.75, 3.05) is 6.61 Å². The van der Waals surface area contributed by atoms with Gasteiger partial charge in [-0.1, -0.05) is 32.9 Å². The average Bonchev–Trinajstić information content (AvgIpc) is 3.15. The molecule has 5 rings (SSSR count). The molecule has 1 unspecified atom stereocenters. The summed E-state index contributed by atoms with van der Waals surface area (Å²) >= 11 is 0. The number of pyridine rings is 2. The summed E-state index contributed by atoms with van der Waals surface area (Å²) in [5, 5.41) is 0. The van der Waals surface area contributed by atoms with Crippen LogP contribution in [0.1, 0.15) is 43.9 Å². The lowest BCUT2D eigenvalue weighted by Gasteiger charge is -2.33. The van der Waals surface area contributed by atoms with Crippen molar-refractivity contribution >= 4 is 6.02 Å².